The lowest BCUT2D eigenvalue weighted by molar-refractivity contribution is 0.288. The number of nitrogens with two attached hydrogens (primary N) is 1. The molecule has 0 aromatic heterocycles. The third-order valence-electron chi connectivity index (χ3n) is 3.52. The molecule has 2 rings (SSSR count). The molecule has 0 heterocycles. The van der Waals surface area contributed by atoms with Crippen molar-refractivity contribution in [1.82, 2.24) is 0 Å². The van der Waals surface area contributed by atoms with Crippen molar-refractivity contribution in [2.45, 2.75) is 19.9 Å². The van der Waals surface area contributed by atoms with E-state index in [9.17, 15) is 0 Å². The van der Waals surface area contributed by atoms with Gasteiger partial charge in [0.25, 0.3) is 0 Å². The minimum Gasteiger partial charge on any atom is -0.497 e. The second kappa shape index (κ2) is 6.44. The monoisotopic (exact) mass is 271 g/mol. The average molecular weight is 271 g/mol. The highest BCUT2D eigenvalue weighted by Crippen LogP contribution is 2.22. The number of hydrogen-bond acceptors (Lipinski definition) is 3. The summed E-state index contributed by atoms with van der Waals surface area (Å²) in [5, 5.41) is 0. The Hall–Kier alpha value is -2.00. The summed E-state index contributed by atoms with van der Waals surface area (Å²) in [4.78, 5) is 0. The van der Waals surface area contributed by atoms with Crippen molar-refractivity contribution < 1.29 is 9.47 Å². The van der Waals surface area contributed by atoms with E-state index in [2.05, 4.69) is 19.9 Å². The molecule has 0 aliphatic carbocycles. The molecule has 1 unspecified atom stereocenters. The molecule has 2 aromatic carbocycles. The van der Waals surface area contributed by atoms with E-state index in [0.29, 0.717) is 6.61 Å². The van der Waals surface area contributed by atoms with Crippen molar-refractivity contribution in [3.8, 4) is 11.5 Å². The van der Waals surface area contributed by atoms with Crippen LogP contribution in [-0.2, 0) is 0 Å². The Kier molecular flexibility index (Phi) is 4.64. The van der Waals surface area contributed by atoms with Gasteiger partial charge in [-0.25, -0.2) is 0 Å². The maximum atomic E-state index is 6.16. The Labute approximate surface area is 120 Å². The van der Waals surface area contributed by atoms with Crippen molar-refractivity contribution in [3.05, 3.63) is 59.2 Å². The minimum absolute atomic E-state index is 0.152. The summed E-state index contributed by atoms with van der Waals surface area (Å²) >= 11 is 0. The van der Waals surface area contributed by atoms with E-state index in [1.54, 1.807) is 7.11 Å². The molecule has 2 aromatic rings. The Morgan fingerprint density at radius 1 is 1.05 bits per heavy atom. The van der Waals surface area contributed by atoms with Gasteiger partial charge in [-0.1, -0.05) is 24.3 Å². The predicted molar refractivity (Wildman–Crippen MR) is 81.3 cm³/mol. The van der Waals surface area contributed by atoms with Gasteiger partial charge >= 0.3 is 0 Å². The smallest absolute Gasteiger partial charge is 0.122 e. The molecule has 0 fully saturated rings. The molecule has 0 saturated heterocycles. The molecular weight excluding hydrogens is 250 g/mol. The molecule has 0 aliphatic heterocycles. The molecule has 3 heteroatoms. The predicted octanol–water partition coefficient (Wildman–Crippen LogP) is 3.39. The van der Waals surface area contributed by atoms with Gasteiger partial charge in [0.05, 0.1) is 13.2 Å². The van der Waals surface area contributed by atoms with Crippen LogP contribution in [0.25, 0.3) is 0 Å². The van der Waals surface area contributed by atoms with Crippen molar-refractivity contribution in [3.63, 3.8) is 0 Å². The minimum atomic E-state index is -0.152. The van der Waals surface area contributed by atoms with Crippen LogP contribution in [0.3, 0.4) is 0 Å². The summed E-state index contributed by atoms with van der Waals surface area (Å²) < 4.78 is 11.0. The molecule has 20 heavy (non-hydrogen) atoms. The molecular formula is C17H21NO2. The molecule has 3 nitrogen and oxygen atoms in total. The molecule has 0 radical (unpaired) electrons. The normalized spacial score (nSPS) is 12.0. The van der Waals surface area contributed by atoms with Gasteiger partial charge in [-0.2, -0.15) is 0 Å². The van der Waals surface area contributed by atoms with Gasteiger partial charge in [0.1, 0.15) is 18.1 Å². The number of aryl methyl sites for hydroxylation is 1. The SMILES string of the molecule is COc1ccc(C(N)COc2cccc(C)c2C)cc1. The third-order valence-corrected chi connectivity index (χ3v) is 3.52. The maximum Gasteiger partial charge on any atom is 0.122 e. The average Bonchev–Trinajstić information content (AvgIpc) is 2.48. The molecule has 0 aliphatic rings. The summed E-state index contributed by atoms with van der Waals surface area (Å²) in [5.74, 6) is 1.73. The molecule has 0 bridgehead atoms. The zero-order valence-electron chi connectivity index (χ0n) is 12.2. The quantitative estimate of drug-likeness (QED) is 0.906. The van der Waals surface area contributed by atoms with Crippen LogP contribution in [0.2, 0.25) is 0 Å². The highest BCUT2D eigenvalue weighted by Gasteiger charge is 2.09. The van der Waals surface area contributed by atoms with Crippen molar-refractivity contribution in [1.29, 1.82) is 0 Å². The Morgan fingerprint density at radius 2 is 1.75 bits per heavy atom. The van der Waals surface area contributed by atoms with Crippen LogP contribution in [0.15, 0.2) is 42.5 Å². The molecule has 0 saturated carbocycles. The number of rotatable bonds is 5. The topological polar surface area (TPSA) is 44.5 Å². The van der Waals surface area contributed by atoms with E-state index < -0.39 is 0 Å². The maximum absolute atomic E-state index is 6.16. The zero-order valence-corrected chi connectivity index (χ0v) is 12.2. The zero-order chi connectivity index (χ0) is 14.5. The van der Waals surface area contributed by atoms with Crippen LogP contribution in [0.1, 0.15) is 22.7 Å². The number of ether oxygens (including phenoxy) is 2. The third kappa shape index (κ3) is 3.31. The summed E-state index contributed by atoms with van der Waals surface area (Å²) in [7, 11) is 1.65. The van der Waals surface area contributed by atoms with Crippen molar-refractivity contribution in [2.24, 2.45) is 5.73 Å². The fourth-order valence-electron chi connectivity index (χ4n) is 2.01. The van der Waals surface area contributed by atoms with Gasteiger partial charge in [0, 0.05) is 0 Å². The second-order valence-electron chi connectivity index (χ2n) is 4.89. The highest BCUT2D eigenvalue weighted by atomic mass is 16.5. The van der Waals surface area contributed by atoms with Gasteiger partial charge in [0.2, 0.25) is 0 Å². The van der Waals surface area contributed by atoms with Crippen LogP contribution in [0, 0.1) is 13.8 Å². The number of benzene rings is 2. The summed E-state index contributed by atoms with van der Waals surface area (Å²) in [6.07, 6.45) is 0. The van der Waals surface area contributed by atoms with Crippen LogP contribution >= 0.6 is 0 Å². The Bertz CT molecular complexity index is 564. The van der Waals surface area contributed by atoms with E-state index >= 15 is 0 Å². The van der Waals surface area contributed by atoms with E-state index in [1.165, 1.54) is 5.56 Å². The first kappa shape index (κ1) is 14.4. The summed E-state index contributed by atoms with van der Waals surface area (Å²) in [5.41, 5.74) is 9.58. The lowest BCUT2D eigenvalue weighted by Crippen LogP contribution is -2.19. The largest absolute Gasteiger partial charge is 0.497 e. The summed E-state index contributed by atoms with van der Waals surface area (Å²) in [6.45, 7) is 4.59. The number of hydrogen-bond donors (Lipinski definition) is 1. The lowest BCUT2D eigenvalue weighted by Gasteiger charge is -2.16. The van der Waals surface area contributed by atoms with Gasteiger partial charge in [-0.3, -0.25) is 0 Å². The standard InChI is InChI=1S/C17H21NO2/c1-12-5-4-6-17(13(12)2)20-11-16(18)14-7-9-15(19-3)10-8-14/h4-10,16H,11,18H2,1-3H3. The van der Waals surface area contributed by atoms with Gasteiger partial charge in [-0.05, 0) is 48.7 Å². The van der Waals surface area contributed by atoms with Gasteiger partial charge < -0.3 is 15.2 Å². The first-order chi connectivity index (χ1) is 9.61. The molecule has 2 N–H and O–H groups in total. The fourth-order valence-corrected chi connectivity index (χ4v) is 2.01. The molecule has 1 atom stereocenters. The van der Waals surface area contributed by atoms with Crippen LogP contribution in [0.5, 0.6) is 11.5 Å². The van der Waals surface area contributed by atoms with Crippen LogP contribution < -0.4 is 15.2 Å². The molecule has 106 valence electrons. The van der Waals surface area contributed by atoms with Crippen LogP contribution in [-0.4, -0.2) is 13.7 Å². The second-order valence-corrected chi connectivity index (χ2v) is 4.89. The van der Waals surface area contributed by atoms with E-state index in [1.807, 2.05) is 36.4 Å². The highest BCUT2D eigenvalue weighted by molar-refractivity contribution is 5.38. The van der Waals surface area contributed by atoms with E-state index in [-0.39, 0.29) is 6.04 Å². The first-order valence-corrected chi connectivity index (χ1v) is 6.70. The molecule has 0 spiro atoms. The van der Waals surface area contributed by atoms with Gasteiger partial charge in [0.15, 0.2) is 0 Å². The van der Waals surface area contributed by atoms with E-state index in [4.69, 9.17) is 15.2 Å². The van der Waals surface area contributed by atoms with Crippen LogP contribution in [0.4, 0.5) is 0 Å². The lowest BCUT2D eigenvalue weighted by atomic mass is 10.1. The Morgan fingerprint density at radius 3 is 2.40 bits per heavy atom. The fraction of sp³-hybridized carbons (Fsp3) is 0.294. The van der Waals surface area contributed by atoms with Gasteiger partial charge in [-0.15, -0.1) is 0 Å². The molecule has 0 amide bonds. The number of methoxy groups -OCH3 is 1. The summed E-state index contributed by atoms with van der Waals surface area (Å²) in [6, 6.07) is 13.7. The Balaban J connectivity index is 2.00. The first-order valence-electron chi connectivity index (χ1n) is 6.70. The van der Waals surface area contributed by atoms with Crippen molar-refractivity contribution in [2.75, 3.05) is 13.7 Å². The van der Waals surface area contributed by atoms with E-state index in [0.717, 1.165) is 22.6 Å². The van der Waals surface area contributed by atoms with Crippen molar-refractivity contribution >= 4 is 0 Å².